The molecule has 0 unspecified atom stereocenters. The first-order chi connectivity index (χ1) is 10.3. The van der Waals surface area contributed by atoms with E-state index in [4.69, 9.17) is 0 Å². The molecule has 6 heteroatoms. The molecule has 0 saturated heterocycles. The van der Waals surface area contributed by atoms with Crippen LogP contribution in [0.5, 0.6) is 0 Å². The van der Waals surface area contributed by atoms with E-state index in [0.717, 1.165) is 25.0 Å². The number of hydrogen-bond donors (Lipinski definition) is 3. The molecule has 0 heterocycles. The van der Waals surface area contributed by atoms with Crippen molar-refractivity contribution in [1.29, 1.82) is 0 Å². The van der Waals surface area contributed by atoms with Crippen LogP contribution in [0, 0.1) is 11.3 Å². The number of halogens is 1. The van der Waals surface area contributed by atoms with Crippen LogP contribution >= 0.6 is 24.0 Å². The number of nitrogens with zero attached hydrogens (tertiary/aromatic N) is 1. The first-order valence-corrected chi connectivity index (χ1v) is 8.68. The van der Waals surface area contributed by atoms with Crippen molar-refractivity contribution in [3.05, 3.63) is 0 Å². The van der Waals surface area contributed by atoms with Crippen LogP contribution in [0.25, 0.3) is 0 Å². The van der Waals surface area contributed by atoms with E-state index >= 15 is 0 Å². The second kappa shape index (κ2) is 8.53. The minimum atomic E-state index is -0.208. The first kappa shape index (κ1) is 20.5. The molecule has 134 valence electrons. The Morgan fingerprint density at radius 1 is 1.22 bits per heavy atom. The van der Waals surface area contributed by atoms with Crippen molar-refractivity contribution in [2.75, 3.05) is 19.6 Å². The van der Waals surface area contributed by atoms with Crippen molar-refractivity contribution in [3.63, 3.8) is 0 Å². The SMILES string of the molecule is CCNC(=NCC(=O)NC(C)(C)C)NCC1(C2CC2)CCC1.I. The summed E-state index contributed by atoms with van der Waals surface area (Å²) < 4.78 is 0. The van der Waals surface area contributed by atoms with Gasteiger partial charge >= 0.3 is 0 Å². The molecule has 2 aliphatic carbocycles. The normalized spacial score (nSPS) is 20.1. The maximum atomic E-state index is 11.9. The topological polar surface area (TPSA) is 65.5 Å². The third-order valence-electron chi connectivity index (χ3n) is 4.64. The lowest BCUT2D eigenvalue weighted by Crippen LogP contribution is -2.48. The Balaban J connectivity index is 0.00000264. The third kappa shape index (κ3) is 6.47. The summed E-state index contributed by atoms with van der Waals surface area (Å²) >= 11 is 0. The number of nitrogens with one attached hydrogen (secondary N) is 3. The van der Waals surface area contributed by atoms with Gasteiger partial charge in [0.25, 0.3) is 0 Å². The van der Waals surface area contributed by atoms with Gasteiger partial charge in [-0.2, -0.15) is 0 Å². The standard InChI is InChI=1S/C17H32N4O.HI/c1-5-18-15(19-11-14(22)21-16(2,3)4)20-12-17(9-6-10-17)13-7-8-13;/h13H,5-12H2,1-4H3,(H,21,22)(H2,18,19,20);1H. The van der Waals surface area contributed by atoms with E-state index in [0.29, 0.717) is 5.41 Å². The van der Waals surface area contributed by atoms with Crippen LogP contribution in [-0.4, -0.2) is 37.0 Å². The van der Waals surface area contributed by atoms with Gasteiger partial charge in [0.1, 0.15) is 6.54 Å². The molecule has 0 aliphatic heterocycles. The van der Waals surface area contributed by atoms with Gasteiger partial charge in [0.15, 0.2) is 5.96 Å². The number of guanidine groups is 1. The highest BCUT2D eigenvalue weighted by molar-refractivity contribution is 14.0. The molecular formula is C17H33IN4O. The molecular weight excluding hydrogens is 403 g/mol. The summed E-state index contributed by atoms with van der Waals surface area (Å²) in [7, 11) is 0. The van der Waals surface area contributed by atoms with Gasteiger partial charge < -0.3 is 16.0 Å². The Morgan fingerprint density at radius 3 is 2.30 bits per heavy atom. The molecule has 5 nitrogen and oxygen atoms in total. The molecule has 2 rings (SSSR count). The summed E-state index contributed by atoms with van der Waals surface area (Å²) in [5.41, 5.74) is 0.296. The van der Waals surface area contributed by atoms with Gasteiger partial charge in [-0.1, -0.05) is 6.42 Å². The average Bonchev–Trinajstić information content (AvgIpc) is 3.17. The number of carbonyl (C=O) groups is 1. The zero-order valence-electron chi connectivity index (χ0n) is 15.0. The number of amides is 1. The number of rotatable bonds is 6. The third-order valence-corrected chi connectivity index (χ3v) is 4.64. The molecule has 0 atom stereocenters. The monoisotopic (exact) mass is 436 g/mol. The lowest BCUT2D eigenvalue weighted by atomic mass is 9.65. The summed E-state index contributed by atoms with van der Waals surface area (Å²) in [6.07, 6.45) is 6.83. The second-order valence-electron chi connectivity index (χ2n) is 7.84. The highest BCUT2D eigenvalue weighted by Crippen LogP contribution is 2.56. The average molecular weight is 436 g/mol. The van der Waals surface area contributed by atoms with Gasteiger partial charge in [0.2, 0.25) is 5.91 Å². The van der Waals surface area contributed by atoms with Gasteiger partial charge in [-0.05, 0) is 64.7 Å². The lowest BCUT2D eigenvalue weighted by Gasteiger charge is -2.43. The Hall–Kier alpha value is -0.530. The smallest absolute Gasteiger partial charge is 0.242 e. The minimum absolute atomic E-state index is 0. The molecule has 2 aliphatic rings. The summed E-state index contributed by atoms with van der Waals surface area (Å²) in [4.78, 5) is 16.3. The maximum absolute atomic E-state index is 11.9. The zero-order chi connectivity index (χ0) is 16.2. The van der Waals surface area contributed by atoms with E-state index in [9.17, 15) is 4.79 Å². The van der Waals surface area contributed by atoms with Gasteiger partial charge in [0, 0.05) is 18.6 Å². The Bertz CT molecular complexity index is 423. The first-order valence-electron chi connectivity index (χ1n) is 8.68. The van der Waals surface area contributed by atoms with Crippen molar-refractivity contribution in [3.8, 4) is 0 Å². The second-order valence-corrected chi connectivity index (χ2v) is 7.84. The Morgan fingerprint density at radius 2 is 1.87 bits per heavy atom. The summed E-state index contributed by atoms with van der Waals surface area (Å²) in [6.45, 7) is 9.96. The molecule has 0 radical (unpaired) electrons. The van der Waals surface area contributed by atoms with Crippen molar-refractivity contribution >= 4 is 35.8 Å². The van der Waals surface area contributed by atoms with Crippen LogP contribution in [0.4, 0.5) is 0 Å². The van der Waals surface area contributed by atoms with Crippen LogP contribution in [-0.2, 0) is 4.79 Å². The predicted octanol–water partition coefficient (Wildman–Crippen LogP) is 2.65. The Labute approximate surface area is 157 Å². The number of hydrogen-bond acceptors (Lipinski definition) is 2. The molecule has 1 amide bonds. The van der Waals surface area contributed by atoms with Crippen molar-refractivity contribution in [1.82, 2.24) is 16.0 Å². The Kier molecular flexibility index (Phi) is 7.61. The van der Waals surface area contributed by atoms with Gasteiger partial charge in [-0.25, -0.2) is 4.99 Å². The molecule has 2 fully saturated rings. The molecule has 0 aromatic carbocycles. The summed E-state index contributed by atoms with van der Waals surface area (Å²) in [5.74, 6) is 1.64. The number of carbonyl (C=O) groups excluding carboxylic acids is 1. The van der Waals surface area contributed by atoms with Crippen molar-refractivity contribution < 1.29 is 4.79 Å². The fourth-order valence-electron chi connectivity index (χ4n) is 3.27. The van der Waals surface area contributed by atoms with Crippen molar-refractivity contribution in [2.45, 2.75) is 65.3 Å². The van der Waals surface area contributed by atoms with Gasteiger partial charge in [-0.3, -0.25) is 4.79 Å². The van der Waals surface area contributed by atoms with Crippen LogP contribution in [0.1, 0.15) is 59.8 Å². The zero-order valence-corrected chi connectivity index (χ0v) is 17.3. The van der Waals surface area contributed by atoms with Crippen molar-refractivity contribution in [2.24, 2.45) is 16.3 Å². The predicted molar refractivity (Wildman–Crippen MR) is 106 cm³/mol. The fraction of sp³-hybridized carbons (Fsp3) is 0.882. The largest absolute Gasteiger partial charge is 0.357 e. The molecule has 0 aromatic heterocycles. The molecule has 0 aromatic rings. The van der Waals surface area contributed by atoms with E-state index in [2.05, 4.69) is 20.9 Å². The van der Waals surface area contributed by atoms with Crippen LogP contribution < -0.4 is 16.0 Å². The van der Waals surface area contributed by atoms with Gasteiger partial charge in [-0.15, -0.1) is 24.0 Å². The van der Waals surface area contributed by atoms with E-state index in [1.54, 1.807) is 0 Å². The summed E-state index contributed by atoms with van der Waals surface area (Å²) in [6, 6.07) is 0. The van der Waals surface area contributed by atoms with Crippen LogP contribution in [0.2, 0.25) is 0 Å². The van der Waals surface area contributed by atoms with Crippen LogP contribution in [0.3, 0.4) is 0 Å². The molecule has 0 spiro atoms. The van der Waals surface area contributed by atoms with E-state index in [1.165, 1.54) is 32.1 Å². The summed E-state index contributed by atoms with van der Waals surface area (Å²) in [5, 5.41) is 9.64. The molecule has 0 bridgehead atoms. The van der Waals surface area contributed by atoms with Gasteiger partial charge in [0.05, 0.1) is 0 Å². The van der Waals surface area contributed by atoms with E-state index in [-0.39, 0.29) is 42.0 Å². The van der Waals surface area contributed by atoms with E-state index < -0.39 is 0 Å². The maximum Gasteiger partial charge on any atom is 0.242 e. The number of aliphatic imine (C=N–C) groups is 1. The van der Waals surface area contributed by atoms with E-state index in [1.807, 2.05) is 27.7 Å². The molecule has 23 heavy (non-hydrogen) atoms. The molecule has 3 N–H and O–H groups in total. The van der Waals surface area contributed by atoms with Crippen LogP contribution in [0.15, 0.2) is 4.99 Å². The molecule has 2 saturated carbocycles. The fourth-order valence-corrected chi connectivity index (χ4v) is 3.27. The lowest BCUT2D eigenvalue weighted by molar-refractivity contribution is -0.121. The quantitative estimate of drug-likeness (QED) is 0.341. The highest BCUT2D eigenvalue weighted by Gasteiger charge is 2.48. The highest BCUT2D eigenvalue weighted by atomic mass is 127. The minimum Gasteiger partial charge on any atom is -0.357 e.